The van der Waals surface area contributed by atoms with Crippen LogP contribution in [0.3, 0.4) is 0 Å². The molecule has 1 aromatic rings. The Morgan fingerprint density at radius 3 is 1.52 bits per heavy atom. The minimum atomic E-state index is -0.375. The monoisotopic (exact) mass is 603 g/mol. The van der Waals surface area contributed by atoms with Crippen molar-refractivity contribution in [3.63, 3.8) is 0 Å². The Hall–Kier alpha value is -2.42. The van der Waals surface area contributed by atoms with E-state index in [-0.39, 0.29) is 6.10 Å². The molecule has 1 rings (SSSR count). The highest BCUT2D eigenvalue weighted by Gasteiger charge is 2.04. The van der Waals surface area contributed by atoms with Crippen LogP contribution in [-0.2, 0) is 11.3 Å². The van der Waals surface area contributed by atoms with Crippen molar-refractivity contribution in [3.8, 4) is 0 Å². The quantitative estimate of drug-likeness (QED) is 0.0942. The van der Waals surface area contributed by atoms with Crippen LogP contribution in [0.25, 0.3) is 0 Å². The van der Waals surface area contributed by atoms with Gasteiger partial charge in [0.1, 0.15) is 0 Å². The molecule has 0 saturated carbocycles. The van der Waals surface area contributed by atoms with Crippen LogP contribution in [0.2, 0.25) is 0 Å². The summed E-state index contributed by atoms with van der Waals surface area (Å²) in [5.74, 6) is 0.699. The number of aliphatic hydroxyl groups excluding tert-OH is 1. The summed E-state index contributed by atoms with van der Waals surface area (Å²) < 4.78 is 5.86. The van der Waals surface area contributed by atoms with Gasteiger partial charge in [-0.05, 0) is 136 Å². The zero-order valence-corrected chi connectivity index (χ0v) is 29.6. The van der Waals surface area contributed by atoms with Gasteiger partial charge in [-0.15, -0.1) is 0 Å². The Labute approximate surface area is 272 Å². The summed E-state index contributed by atoms with van der Waals surface area (Å²) >= 11 is 0. The average Bonchev–Trinajstić information content (AvgIpc) is 2.98. The Bertz CT molecular complexity index is 1070. The van der Waals surface area contributed by atoms with Crippen LogP contribution in [0.15, 0.2) is 101 Å². The molecule has 2 atom stereocenters. The molecule has 0 radical (unpaired) electrons. The molecular formula is C42H66O2. The van der Waals surface area contributed by atoms with Crippen molar-refractivity contribution >= 4 is 0 Å². The van der Waals surface area contributed by atoms with Gasteiger partial charge in [-0.2, -0.15) is 0 Å². The molecule has 0 spiro atoms. The molecule has 0 fully saturated rings. The van der Waals surface area contributed by atoms with Crippen LogP contribution < -0.4 is 0 Å². The predicted octanol–water partition coefficient (Wildman–Crippen LogP) is 12.6. The lowest BCUT2D eigenvalue weighted by Gasteiger charge is -2.11. The number of hydrogen-bond acceptors (Lipinski definition) is 2. The lowest BCUT2D eigenvalue weighted by molar-refractivity contribution is 0.108. The third kappa shape index (κ3) is 22.1. The van der Waals surface area contributed by atoms with E-state index >= 15 is 0 Å². The van der Waals surface area contributed by atoms with Gasteiger partial charge in [0.15, 0.2) is 0 Å². The molecule has 0 aliphatic rings. The summed E-state index contributed by atoms with van der Waals surface area (Å²) in [6.45, 7) is 20.9. The molecule has 246 valence electrons. The van der Waals surface area contributed by atoms with Crippen LogP contribution in [0, 0.1) is 5.92 Å². The third-order valence-corrected chi connectivity index (χ3v) is 8.53. The molecule has 2 unspecified atom stereocenters. The number of hydrogen-bond donors (Lipinski definition) is 1. The van der Waals surface area contributed by atoms with Gasteiger partial charge in [0.2, 0.25) is 0 Å². The summed E-state index contributed by atoms with van der Waals surface area (Å²) in [5.41, 5.74) is 9.49. The predicted molar refractivity (Wildman–Crippen MR) is 195 cm³/mol. The second kappa shape index (κ2) is 24.8. The number of rotatable bonds is 24. The molecule has 0 aliphatic carbocycles. The highest BCUT2D eigenvalue weighted by molar-refractivity contribution is 5.13. The molecule has 1 aromatic carbocycles. The molecule has 0 amide bonds. The van der Waals surface area contributed by atoms with E-state index in [4.69, 9.17) is 4.74 Å². The Morgan fingerprint density at radius 2 is 1.07 bits per heavy atom. The maximum Gasteiger partial charge on any atom is 0.0747 e. The first-order valence-electron chi connectivity index (χ1n) is 17.3. The van der Waals surface area contributed by atoms with Gasteiger partial charge in [-0.25, -0.2) is 0 Å². The van der Waals surface area contributed by atoms with Gasteiger partial charge in [-0.3, -0.25) is 0 Å². The van der Waals surface area contributed by atoms with Gasteiger partial charge in [0, 0.05) is 6.61 Å². The van der Waals surface area contributed by atoms with Crippen molar-refractivity contribution in [3.05, 3.63) is 106 Å². The molecule has 1 N–H and O–H groups in total. The maximum absolute atomic E-state index is 9.90. The Balaban J connectivity index is 2.16. The lowest BCUT2D eigenvalue weighted by Crippen LogP contribution is -2.06. The maximum atomic E-state index is 9.90. The summed E-state index contributed by atoms with van der Waals surface area (Å²) in [6, 6.07) is 10.4. The first-order valence-corrected chi connectivity index (χ1v) is 17.3. The van der Waals surface area contributed by atoms with Crippen molar-refractivity contribution in [1.29, 1.82) is 0 Å². The Morgan fingerprint density at radius 1 is 0.636 bits per heavy atom. The van der Waals surface area contributed by atoms with E-state index in [9.17, 15) is 5.11 Å². The van der Waals surface area contributed by atoms with Gasteiger partial charge in [-0.1, -0.05) is 108 Å². The summed E-state index contributed by atoms with van der Waals surface area (Å²) in [7, 11) is 0. The number of benzene rings is 1. The molecule has 0 saturated heterocycles. The Kier molecular flexibility index (Phi) is 22.4. The van der Waals surface area contributed by atoms with Crippen LogP contribution in [0.4, 0.5) is 0 Å². The lowest BCUT2D eigenvalue weighted by atomic mass is 10.00. The fourth-order valence-electron chi connectivity index (χ4n) is 5.11. The molecule has 0 aliphatic heterocycles. The van der Waals surface area contributed by atoms with E-state index in [0.717, 1.165) is 83.0 Å². The molecule has 0 bridgehead atoms. The first kappa shape index (κ1) is 39.6. The van der Waals surface area contributed by atoms with Crippen molar-refractivity contribution < 1.29 is 9.84 Å². The fourth-order valence-corrected chi connectivity index (χ4v) is 5.11. The van der Waals surface area contributed by atoms with Crippen molar-refractivity contribution in [2.75, 3.05) is 6.61 Å². The van der Waals surface area contributed by atoms with E-state index < -0.39 is 0 Å². The van der Waals surface area contributed by atoms with Gasteiger partial charge in [0.25, 0.3) is 0 Å². The second-order valence-corrected chi connectivity index (χ2v) is 13.3. The van der Waals surface area contributed by atoms with Gasteiger partial charge < -0.3 is 9.84 Å². The summed E-state index contributed by atoms with van der Waals surface area (Å²) in [5, 5.41) is 9.90. The molecule has 2 nitrogen and oxygen atoms in total. The van der Waals surface area contributed by atoms with Gasteiger partial charge >= 0.3 is 0 Å². The molecule has 0 aromatic heterocycles. The number of allylic oxidation sites excluding steroid dienone is 10. The van der Waals surface area contributed by atoms with Crippen molar-refractivity contribution in [1.82, 2.24) is 0 Å². The summed E-state index contributed by atoms with van der Waals surface area (Å²) in [6.07, 6.45) is 26.0. The topological polar surface area (TPSA) is 29.5 Å². The minimum absolute atomic E-state index is 0.375. The SMILES string of the molecule is C=C(C)C(O)CC/C(C)=C/CC/C(C)=C/CC/C(C)=C/CC/C(C)=C/CC/C(C)=C/CCC(C)CCOCc1ccccc1. The van der Waals surface area contributed by atoms with Crippen LogP contribution >= 0.6 is 0 Å². The first-order chi connectivity index (χ1) is 21.1. The van der Waals surface area contributed by atoms with E-state index in [2.05, 4.69) is 103 Å². The third-order valence-electron chi connectivity index (χ3n) is 8.53. The molecule has 44 heavy (non-hydrogen) atoms. The average molecular weight is 603 g/mol. The zero-order chi connectivity index (χ0) is 32.6. The standard InChI is InChI=1S/C42H66O2/c1-34(2)42(43)30-29-39(7)25-15-23-37(5)21-13-19-35(3)17-12-18-36(4)20-14-22-38(6)24-16-26-40(8)31-32-44-33-41-27-10-9-11-28-41/h9-11,17,20-21,24-25,27-28,40,42-43H,1,12-16,18-19,22-23,26,29-33H2,2-8H3/b35-17+,36-20+,37-21+,38-24+,39-25+. The van der Waals surface area contributed by atoms with Gasteiger partial charge in [0.05, 0.1) is 12.7 Å². The summed E-state index contributed by atoms with van der Waals surface area (Å²) in [4.78, 5) is 0. The second-order valence-electron chi connectivity index (χ2n) is 13.3. The van der Waals surface area contributed by atoms with Crippen LogP contribution in [0.5, 0.6) is 0 Å². The smallest absolute Gasteiger partial charge is 0.0747 e. The highest BCUT2D eigenvalue weighted by atomic mass is 16.5. The van der Waals surface area contributed by atoms with Crippen LogP contribution in [-0.4, -0.2) is 17.8 Å². The molecule has 0 heterocycles. The fraction of sp³-hybridized carbons (Fsp3) is 0.571. The van der Waals surface area contributed by atoms with Crippen LogP contribution in [0.1, 0.15) is 138 Å². The minimum Gasteiger partial charge on any atom is -0.389 e. The van der Waals surface area contributed by atoms with E-state index in [0.29, 0.717) is 5.92 Å². The van der Waals surface area contributed by atoms with E-state index in [1.807, 2.05) is 13.0 Å². The van der Waals surface area contributed by atoms with E-state index in [1.165, 1.54) is 52.7 Å². The number of ether oxygens (including phenoxy) is 1. The van der Waals surface area contributed by atoms with Crippen molar-refractivity contribution in [2.24, 2.45) is 5.92 Å². The zero-order valence-electron chi connectivity index (χ0n) is 29.6. The normalized spacial score (nSPS) is 15.0. The number of aliphatic hydroxyl groups is 1. The molecular weight excluding hydrogens is 536 g/mol. The largest absolute Gasteiger partial charge is 0.389 e. The van der Waals surface area contributed by atoms with Crippen molar-refractivity contribution in [2.45, 2.75) is 145 Å². The van der Waals surface area contributed by atoms with E-state index in [1.54, 1.807) is 0 Å². The highest BCUT2D eigenvalue weighted by Crippen LogP contribution is 2.18. The molecule has 2 heteroatoms.